The molecule has 0 atom stereocenters. The normalized spacial score (nSPS) is 16.3. The van der Waals surface area contributed by atoms with Crippen LogP contribution in [0, 0.1) is 17.2 Å². The fourth-order valence-electron chi connectivity index (χ4n) is 4.92. The maximum atomic E-state index is 13.2. The first-order valence-corrected chi connectivity index (χ1v) is 15.4. The van der Waals surface area contributed by atoms with Crippen molar-refractivity contribution in [2.24, 2.45) is 5.92 Å². The van der Waals surface area contributed by atoms with Gasteiger partial charge in [0.15, 0.2) is 5.82 Å². The Morgan fingerprint density at radius 1 is 1.11 bits per heavy atom. The Hall–Kier alpha value is -3.55. The van der Waals surface area contributed by atoms with E-state index >= 15 is 0 Å². The van der Waals surface area contributed by atoms with Crippen molar-refractivity contribution < 1.29 is 32.6 Å². The van der Waals surface area contributed by atoms with E-state index in [0.717, 1.165) is 77.7 Å². The van der Waals surface area contributed by atoms with Gasteiger partial charge in [0.05, 0.1) is 19.4 Å². The zero-order valence-corrected chi connectivity index (χ0v) is 26.7. The molecular formula is C30H40ClF3N8O4. The molecule has 2 fully saturated rings. The van der Waals surface area contributed by atoms with Gasteiger partial charge in [0.25, 0.3) is 5.91 Å². The maximum Gasteiger partial charge on any atom is 0.490 e. The maximum absolute atomic E-state index is 13.2. The highest BCUT2D eigenvalue weighted by molar-refractivity contribution is 6.32. The predicted octanol–water partition coefficient (Wildman–Crippen LogP) is 3.28. The SMILES string of the molecule is CC(C)CN(NC(=O)c1cccc(CN2CCN(CCCN3CCOCC3)CC2)c1)c1nc(C#N)ncc1Cl.O=C(O)C(F)(F)F. The third kappa shape index (κ3) is 12.3. The molecule has 2 aliphatic rings. The molecule has 2 aromatic rings. The zero-order valence-electron chi connectivity index (χ0n) is 26.0. The van der Waals surface area contributed by atoms with Crippen molar-refractivity contribution in [1.29, 1.82) is 5.26 Å². The van der Waals surface area contributed by atoms with Crippen molar-refractivity contribution in [1.82, 2.24) is 30.1 Å². The van der Waals surface area contributed by atoms with Gasteiger partial charge in [-0.25, -0.2) is 9.78 Å². The van der Waals surface area contributed by atoms with E-state index in [9.17, 15) is 23.2 Å². The van der Waals surface area contributed by atoms with E-state index in [1.54, 1.807) is 11.1 Å². The van der Waals surface area contributed by atoms with Gasteiger partial charge in [0, 0.05) is 57.9 Å². The fourth-order valence-corrected chi connectivity index (χ4v) is 5.11. The van der Waals surface area contributed by atoms with Crippen LogP contribution in [0.1, 0.15) is 42.0 Å². The number of hydrazine groups is 1. The number of aliphatic carboxylic acids is 1. The van der Waals surface area contributed by atoms with Crippen LogP contribution in [0.15, 0.2) is 30.5 Å². The lowest BCUT2D eigenvalue weighted by Gasteiger charge is -2.35. The Balaban J connectivity index is 0.000000738. The number of nitrogens with zero attached hydrogens (tertiary/aromatic N) is 7. The minimum Gasteiger partial charge on any atom is -0.475 e. The second-order valence-corrected chi connectivity index (χ2v) is 11.8. The zero-order chi connectivity index (χ0) is 33.7. The summed E-state index contributed by atoms with van der Waals surface area (Å²) in [6.07, 6.45) is -2.50. The van der Waals surface area contributed by atoms with Crippen molar-refractivity contribution in [2.45, 2.75) is 33.0 Å². The molecule has 2 saturated heterocycles. The molecule has 16 heteroatoms. The summed E-state index contributed by atoms with van der Waals surface area (Å²) < 4.78 is 37.2. The molecule has 0 aliphatic carbocycles. The van der Waals surface area contributed by atoms with E-state index in [4.69, 9.17) is 26.2 Å². The number of carbonyl (C=O) groups is 2. The lowest BCUT2D eigenvalue weighted by atomic mass is 10.1. The second kappa shape index (κ2) is 18.0. The van der Waals surface area contributed by atoms with Gasteiger partial charge < -0.3 is 14.7 Å². The average molecular weight is 669 g/mol. The number of benzene rings is 1. The number of anilines is 1. The Morgan fingerprint density at radius 2 is 1.72 bits per heavy atom. The summed E-state index contributed by atoms with van der Waals surface area (Å²) in [6, 6.07) is 9.67. The van der Waals surface area contributed by atoms with Crippen molar-refractivity contribution >= 4 is 29.3 Å². The number of nitriles is 1. The van der Waals surface area contributed by atoms with Crippen molar-refractivity contribution in [3.8, 4) is 6.07 Å². The number of alkyl halides is 3. The Labute approximate surface area is 271 Å². The highest BCUT2D eigenvalue weighted by atomic mass is 35.5. The predicted molar refractivity (Wildman–Crippen MR) is 165 cm³/mol. The molecule has 1 aromatic carbocycles. The number of hydrogen-bond acceptors (Lipinski definition) is 10. The fraction of sp³-hybridized carbons (Fsp3) is 0.567. The molecule has 252 valence electrons. The van der Waals surface area contributed by atoms with Crippen molar-refractivity contribution in [3.63, 3.8) is 0 Å². The van der Waals surface area contributed by atoms with Crippen molar-refractivity contribution in [2.75, 3.05) is 77.1 Å². The molecular weight excluding hydrogens is 629 g/mol. The largest absolute Gasteiger partial charge is 0.490 e. The number of carboxylic acid groups (broad SMARTS) is 1. The first-order valence-electron chi connectivity index (χ1n) is 15.0. The van der Waals surface area contributed by atoms with Crippen LogP contribution in [0.2, 0.25) is 5.02 Å². The van der Waals surface area contributed by atoms with Crippen LogP contribution in [0.3, 0.4) is 0 Å². The summed E-state index contributed by atoms with van der Waals surface area (Å²) in [5.74, 6) is -2.49. The monoisotopic (exact) mass is 668 g/mol. The minimum atomic E-state index is -5.08. The number of amides is 1. The molecule has 3 heterocycles. The van der Waals surface area contributed by atoms with Gasteiger partial charge in [-0.2, -0.15) is 23.4 Å². The summed E-state index contributed by atoms with van der Waals surface area (Å²) in [6.45, 7) is 15.6. The lowest BCUT2D eigenvalue weighted by molar-refractivity contribution is -0.192. The van der Waals surface area contributed by atoms with E-state index in [0.29, 0.717) is 17.9 Å². The minimum absolute atomic E-state index is 0.00315. The number of aromatic nitrogens is 2. The van der Waals surface area contributed by atoms with Crippen LogP contribution >= 0.6 is 11.6 Å². The number of morpholine rings is 1. The van der Waals surface area contributed by atoms with E-state index in [1.807, 2.05) is 32.0 Å². The first-order chi connectivity index (χ1) is 21.8. The molecule has 0 spiro atoms. The number of hydrogen-bond donors (Lipinski definition) is 2. The number of carbonyl (C=O) groups excluding carboxylic acids is 1. The topological polar surface area (TPSA) is 138 Å². The van der Waals surface area contributed by atoms with Gasteiger partial charge in [-0.1, -0.05) is 37.6 Å². The summed E-state index contributed by atoms with van der Waals surface area (Å²) >= 11 is 6.33. The molecule has 4 rings (SSSR count). The molecule has 46 heavy (non-hydrogen) atoms. The standard InChI is InChI=1S/C28H39ClN8O2.C2HF3O2/c1-22(2)20-37(27-25(29)19-31-26(18-30)32-27)33-28(38)24-6-3-5-23(17-24)21-36-11-9-34(10-12-36)7-4-8-35-13-15-39-16-14-35;3-2(4,5)1(6)7/h3,5-6,17,19,22H,4,7-16,20-21H2,1-2H3,(H,33,38);(H,6,7). The van der Waals surface area contributed by atoms with Crippen LogP contribution in [-0.4, -0.2) is 120 Å². The van der Waals surface area contributed by atoms with E-state index in [1.165, 1.54) is 12.6 Å². The quantitative estimate of drug-likeness (QED) is 0.341. The summed E-state index contributed by atoms with van der Waals surface area (Å²) in [7, 11) is 0. The smallest absolute Gasteiger partial charge is 0.475 e. The van der Waals surface area contributed by atoms with Crippen LogP contribution in [0.5, 0.6) is 0 Å². The highest BCUT2D eigenvalue weighted by Gasteiger charge is 2.38. The summed E-state index contributed by atoms with van der Waals surface area (Å²) in [5.41, 5.74) is 4.60. The van der Waals surface area contributed by atoms with Crippen LogP contribution < -0.4 is 10.4 Å². The Bertz CT molecular complexity index is 1330. The molecule has 0 unspecified atom stereocenters. The number of nitrogens with one attached hydrogen (secondary N) is 1. The second-order valence-electron chi connectivity index (χ2n) is 11.4. The molecule has 0 saturated carbocycles. The molecule has 1 aromatic heterocycles. The van der Waals surface area contributed by atoms with E-state index in [-0.39, 0.29) is 22.7 Å². The van der Waals surface area contributed by atoms with E-state index in [2.05, 4.69) is 36.2 Å². The number of rotatable bonds is 11. The average Bonchev–Trinajstić information content (AvgIpc) is 3.02. The number of halogens is 4. The van der Waals surface area contributed by atoms with Gasteiger partial charge in [0.1, 0.15) is 11.1 Å². The van der Waals surface area contributed by atoms with Gasteiger partial charge in [0.2, 0.25) is 5.82 Å². The first kappa shape index (κ1) is 36.9. The van der Waals surface area contributed by atoms with Gasteiger partial charge in [-0.3, -0.25) is 25.0 Å². The molecule has 1 amide bonds. The van der Waals surface area contributed by atoms with Gasteiger partial charge >= 0.3 is 12.1 Å². The summed E-state index contributed by atoms with van der Waals surface area (Å²) in [4.78, 5) is 37.8. The van der Waals surface area contributed by atoms with E-state index < -0.39 is 12.1 Å². The van der Waals surface area contributed by atoms with Crippen LogP contribution in [0.4, 0.5) is 19.0 Å². The lowest BCUT2D eigenvalue weighted by Crippen LogP contribution is -2.47. The third-order valence-electron chi connectivity index (χ3n) is 7.22. The molecule has 12 nitrogen and oxygen atoms in total. The van der Waals surface area contributed by atoms with Crippen LogP contribution in [0.25, 0.3) is 0 Å². The molecule has 0 bridgehead atoms. The number of piperazine rings is 1. The number of carboxylic acids is 1. The third-order valence-corrected chi connectivity index (χ3v) is 7.49. The van der Waals surface area contributed by atoms with Gasteiger partial charge in [-0.05, 0) is 43.1 Å². The highest BCUT2D eigenvalue weighted by Crippen LogP contribution is 2.22. The molecule has 2 N–H and O–H groups in total. The number of ether oxygens (including phenoxy) is 1. The molecule has 2 aliphatic heterocycles. The summed E-state index contributed by atoms with van der Waals surface area (Å²) in [5, 5.41) is 18.2. The van der Waals surface area contributed by atoms with Gasteiger partial charge in [-0.15, -0.1) is 0 Å². The molecule has 0 radical (unpaired) electrons. The van der Waals surface area contributed by atoms with Crippen molar-refractivity contribution in [3.05, 3.63) is 52.4 Å². The Kier molecular flexibility index (Phi) is 14.4. The van der Waals surface area contributed by atoms with Crippen LogP contribution in [-0.2, 0) is 16.1 Å². The Morgan fingerprint density at radius 3 is 2.30 bits per heavy atom.